The zero-order chi connectivity index (χ0) is 21.3. The van der Waals surface area contributed by atoms with Gasteiger partial charge in [0.15, 0.2) is 0 Å². The van der Waals surface area contributed by atoms with E-state index in [0.717, 1.165) is 43.2 Å². The van der Waals surface area contributed by atoms with Crippen molar-refractivity contribution < 1.29 is 19.4 Å². The van der Waals surface area contributed by atoms with Crippen molar-refractivity contribution in [1.29, 1.82) is 0 Å². The number of aliphatic hydroxyl groups is 1. The van der Waals surface area contributed by atoms with Crippen LogP contribution in [0.3, 0.4) is 0 Å². The fourth-order valence-corrected chi connectivity index (χ4v) is 4.57. The van der Waals surface area contributed by atoms with Crippen LogP contribution in [0.15, 0.2) is 54.1 Å². The van der Waals surface area contributed by atoms with Gasteiger partial charge < -0.3 is 14.7 Å². The van der Waals surface area contributed by atoms with Crippen molar-refractivity contribution in [3.8, 4) is 5.75 Å². The van der Waals surface area contributed by atoms with E-state index in [1.54, 1.807) is 24.1 Å². The molecule has 30 heavy (non-hydrogen) atoms. The number of hydrogen-bond acceptors (Lipinski definition) is 4. The summed E-state index contributed by atoms with van der Waals surface area (Å²) in [5, 5.41) is 11.1. The number of carbonyl (C=O) groups excluding carboxylic acids is 2. The van der Waals surface area contributed by atoms with E-state index in [1.807, 2.05) is 43.3 Å². The first-order valence-corrected chi connectivity index (χ1v) is 10.5. The lowest BCUT2D eigenvalue weighted by atomic mass is 9.91. The number of Topliss-reactive ketones (excluding diaryl/α,β-unsaturated/α-hetero) is 1. The van der Waals surface area contributed by atoms with Crippen LogP contribution in [0.2, 0.25) is 0 Å². The normalized spacial score (nSPS) is 21.8. The van der Waals surface area contributed by atoms with Crippen molar-refractivity contribution in [3.05, 3.63) is 70.8 Å². The Bertz CT molecular complexity index is 969. The number of ketones is 1. The lowest BCUT2D eigenvalue weighted by molar-refractivity contribution is -0.141. The number of aliphatic hydroxyl groups excluding tert-OH is 1. The summed E-state index contributed by atoms with van der Waals surface area (Å²) in [6, 6.07) is 14.1. The summed E-state index contributed by atoms with van der Waals surface area (Å²) in [7, 11) is 1.60. The Morgan fingerprint density at radius 2 is 1.60 bits per heavy atom. The van der Waals surface area contributed by atoms with Gasteiger partial charge in [-0.2, -0.15) is 0 Å². The van der Waals surface area contributed by atoms with Gasteiger partial charge in [0.25, 0.3) is 11.7 Å². The van der Waals surface area contributed by atoms with Gasteiger partial charge in [-0.1, -0.05) is 61.2 Å². The van der Waals surface area contributed by atoms with Crippen LogP contribution in [0.25, 0.3) is 5.76 Å². The number of aryl methyl sites for hydroxylation is 1. The molecule has 5 nitrogen and oxygen atoms in total. The number of nitrogens with zero attached hydrogens (tertiary/aromatic N) is 1. The van der Waals surface area contributed by atoms with Gasteiger partial charge in [-0.05, 0) is 37.5 Å². The molecule has 1 unspecified atom stereocenters. The predicted octanol–water partition coefficient (Wildman–Crippen LogP) is 4.76. The first-order valence-electron chi connectivity index (χ1n) is 10.5. The van der Waals surface area contributed by atoms with Crippen LogP contribution in [0.4, 0.5) is 0 Å². The van der Waals surface area contributed by atoms with Gasteiger partial charge >= 0.3 is 0 Å². The van der Waals surface area contributed by atoms with Crippen LogP contribution in [0.5, 0.6) is 5.75 Å². The topological polar surface area (TPSA) is 66.8 Å². The van der Waals surface area contributed by atoms with Gasteiger partial charge in [0, 0.05) is 11.6 Å². The number of amides is 1. The number of likely N-dealkylation sites (tertiary alicyclic amines) is 1. The molecule has 1 atom stereocenters. The molecule has 1 saturated heterocycles. The van der Waals surface area contributed by atoms with Gasteiger partial charge in [-0.15, -0.1) is 0 Å². The Morgan fingerprint density at radius 1 is 0.967 bits per heavy atom. The molecule has 2 fully saturated rings. The molecule has 1 saturated carbocycles. The second-order valence-corrected chi connectivity index (χ2v) is 8.14. The number of ether oxygens (including phenoxy) is 1. The summed E-state index contributed by atoms with van der Waals surface area (Å²) in [6.07, 6.45) is 4.99. The SMILES string of the molecule is COc1ccc(C2/C(=C(/O)c3ccc(C)cc3)C(=O)C(=O)N2C2CCCCC2)cc1. The van der Waals surface area contributed by atoms with Crippen molar-refractivity contribution in [2.24, 2.45) is 0 Å². The molecule has 0 bridgehead atoms. The van der Waals surface area contributed by atoms with E-state index in [4.69, 9.17) is 4.74 Å². The Labute approximate surface area is 177 Å². The minimum atomic E-state index is -0.612. The summed E-state index contributed by atoms with van der Waals surface area (Å²) in [5.74, 6) is -0.546. The van der Waals surface area contributed by atoms with Crippen LogP contribution in [-0.2, 0) is 9.59 Å². The molecule has 0 spiro atoms. The highest BCUT2D eigenvalue weighted by molar-refractivity contribution is 6.46. The van der Waals surface area contributed by atoms with E-state index >= 15 is 0 Å². The number of carbonyl (C=O) groups is 2. The molecule has 2 aromatic carbocycles. The maximum Gasteiger partial charge on any atom is 0.295 e. The maximum absolute atomic E-state index is 13.1. The average Bonchev–Trinajstić information content (AvgIpc) is 3.05. The number of hydrogen-bond donors (Lipinski definition) is 1. The molecular weight excluding hydrogens is 378 g/mol. The summed E-state index contributed by atoms with van der Waals surface area (Å²) >= 11 is 0. The molecule has 1 heterocycles. The third-order valence-corrected chi connectivity index (χ3v) is 6.20. The third kappa shape index (κ3) is 3.60. The fourth-order valence-electron chi connectivity index (χ4n) is 4.57. The molecule has 156 valence electrons. The largest absolute Gasteiger partial charge is 0.507 e. The molecule has 1 N–H and O–H groups in total. The Kier molecular flexibility index (Phi) is 5.62. The molecule has 2 aromatic rings. The van der Waals surface area contributed by atoms with Crippen molar-refractivity contribution in [2.45, 2.75) is 51.1 Å². The highest BCUT2D eigenvalue weighted by atomic mass is 16.5. The van der Waals surface area contributed by atoms with Crippen LogP contribution < -0.4 is 4.74 Å². The first-order chi connectivity index (χ1) is 14.5. The molecule has 5 heteroatoms. The highest BCUT2D eigenvalue weighted by Gasteiger charge is 2.48. The molecule has 0 aromatic heterocycles. The Morgan fingerprint density at radius 3 is 2.20 bits per heavy atom. The molecule has 0 radical (unpaired) electrons. The van der Waals surface area contributed by atoms with E-state index in [9.17, 15) is 14.7 Å². The molecular formula is C25H27NO4. The van der Waals surface area contributed by atoms with Gasteiger partial charge in [-0.3, -0.25) is 9.59 Å². The Hall–Kier alpha value is -3.08. The van der Waals surface area contributed by atoms with Crippen LogP contribution in [0, 0.1) is 6.92 Å². The average molecular weight is 405 g/mol. The summed E-state index contributed by atoms with van der Waals surface area (Å²) in [6.45, 7) is 1.96. The second kappa shape index (κ2) is 8.34. The third-order valence-electron chi connectivity index (χ3n) is 6.20. The lowest BCUT2D eigenvalue weighted by Crippen LogP contribution is -2.40. The molecule has 1 amide bonds. The zero-order valence-corrected chi connectivity index (χ0v) is 17.4. The zero-order valence-electron chi connectivity index (χ0n) is 17.4. The minimum absolute atomic E-state index is 0.00520. The van der Waals surface area contributed by atoms with Crippen molar-refractivity contribution in [1.82, 2.24) is 4.90 Å². The van der Waals surface area contributed by atoms with Crippen molar-refractivity contribution in [2.75, 3.05) is 7.11 Å². The monoisotopic (exact) mass is 405 g/mol. The van der Waals surface area contributed by atoms with Gasteiger partial charge in [0.1, 0.15) is 11.5 Å². The molecule has 1 aliphatic carbocycles. The first kappa shape index (κ1) is 20.2. The quantitative estimate of drug-likeness (QED) is 0.453. The lowest BCUT2D eigenvalue weighted by Gasteiger charge is -2.35. The number of methoxy groups -OCH3 is 1. The summed E-state index contributed by atoms with van der Waals surface area (Å²) in [5.41, 5.74) is 2.57. The molecule has 4 rings (SSSR count). The standard InChI is InChI=1S/C25H27NO4/c1-16-8-10-18(11-9-16)23(27)21-22(17-12-14-20(30-2)15-13-17)26(25(29)24(21)28)19-6-4-3-5-7-19/h8-15,19,22,27H,3-7H2,1-2H3/b23-21-. The van der Waals surface area contributed by atoms with Crippen LogP contribution in [-0.4, -0.2) is 34.8 Å². The van der Waals surface area contributed by atoms with E-state index in [0.29, 0.717) is 11.3 Å². The van der Waals surface area contributed by atoms with E-state index in [2.05, 4.69) is 0 Å². The second-order valence-electron chi connectivity index (χ2n) is 8.14. The minimum Gasteiger partial charge on any atom is -0.507 e. The van der Waals surface area contributed by atoms with Crippen molar-refractivity contribution in [3.63, 3.8) is 0 Å². The molecule has 2 aliphatic rings. The smallest absolute Gasteiger partial charge is 0.295 e. The Balaban J connectivity index is 1.85. The maximum atomic E-state index is 13.1. The number of rotatable bonds is 4. The predicted molar refractivity (Wildman–Crippen MR) is 115 cm³/mol. The van der Waals surface area contributed by atoms with Crippen molar-refractivity contribution >= 4 is 17.4 Å². The summed E-state index contributed by atoms with van der Waals surface area (Å²) < 4.78 is 5.26. The highest BCUT2D eigenvalue weighted by Crippen LogP contribution is 2.43. The molecule has 1 aliphatic heterocycles. The number of benzene rings is 2. The fraction of sp³-hybridized carbons (Fsp3) is 0.360. The van der Waals surface area contributed by atoms with E-state index in [-0.39, 0.29) is 17.4 Å². The van der Waals surface area contributed by atoms with Gasteiger partial charge in [-0.25, -0.2) is 0 Å². The van der Waals surface area contributed by atoms with Crippen LogP contribution in [0.1, 0.15) is 54.8 Å². The van der Waals surface area contributed by atoms with E-state index < -0.39 is 17.7 Å². The van der Waals surface area contributed by atoms with Gasteiger partial charge in [0.2, 0.25) is 0 Å². The summed E-state index contributed by atoms with van der Waals surface area (Å²) in [4.78, 5) is 27.9. The van der Waals surface area contributed by atoms with Gasteiger partial charge in [0.05, 0.1) is 18.7 Å². The van der Waals surface area contributed by atoms with Crippen LogP contribution >= 0.6 is 0 Å². The van der Waals surface area contributed by atoms with E-state index in [1.165, 1.54) is 0 Å².